The molecule has 1 aliphatic rings. The van der Waals surface area contributed by atoms with E-state index in [4.69, 9.17) is 5.11 Å². The second kappa shape index (κ2) is 7.33. The van der Waals surface area contributed by atoms with Gasteiger partial charge < -0.3 is 5.11 Å². The standard InChI is InChI=1S/C15H24N2O3S/c1-12-2-4-13(5-3-12)8-9-17-21(19,20)15-7-6-14(11-18)10-16-15/h6-7,10,12-13,17-18H,2-5,8-9,11H2,1H3. The van der Waals surface area contributed by atoms with Crippen LogP contribution in [0.3, 0.4) is 0 Å². The van der Waals surface area contributed by atoms with Gasteiger partial charge in [0.1, 0.15) is 0 Å². The van der Waals surface area contributed by atoms with Crippen molar-refractivity contribution in [2.45, 2.75) is 50.7 Å². The maximum absolute atomic E-state index is 12.1. The summed E-state index contributed by atoms with van der Waals surface area (Å²) in [5.41, 5.74) is 0.602. The molecule has 5 nitrogen and oxygen atoms in total. The molecule has 118 valence electrons. The SMILES string of the molecule is CC1CCC(CCNS(=O)(=O)c2ccc(CO)cn2)CC1. The van der Waals surface area contributed by atoms with Crippen LogP contribution >= 0.6 is 0 Å². The molecule has 0 aromatic carbocycles. The number of rotatable bonds is 6. The van der Waals surface area contributed by atoms with Crippen LogP contribution in [0, 0.1) is 11.8 Å². The van der Waals surface area contributed by atoms with Gasteiger partial charge in [0, 0.05) is 12.7 Å². The van der Waals surface area contributed by atoms with Gasteiger partial charge in [-0.1, -0.05) is 38.7 Å². The molecule has 1 aromatic rings. The molecular formula is C15H24N2O3S. The van der Waals surface area contributed by atoms with E-state index < -0.39 is 10.0 Å². The quantitative estimate of drug-likeness (QED) is 0.843. The van der Waals surface area contributed by atoms with E-state index in [-0.39, 0.29) is 11.6 Å². The normalized spacial score (nSPS) is 23.1. The van der Waals surface area contributed by atoms with Crippen molar-refractivity contribution in [3.8, 4) is 0 Å². The van der Waals surface area contributed by atoms with Gasteiger partial charge in [-0.2, -0.15) is 0 Å². The molecule has 1 aliphatic carbocycles. The lowest BCUT2D eigenvalue weighted by Crippen LogP contribution is -2.27. The minimum atomic E-state index is -3.54. The Morgan fingerprint density at radius 2 is 2.00 bits per heavy atom. The van der Waals surface area contributed by atoms with Crippen LogP contribution in [-0.2, 0) is 16.6 Å². The minimum absolute atomic E-state index is 0.0111. The zero-order valence-corrected chi connectivity index (χ0v) is 13.3. The van der Waals surface area contributed by atoms with Crippen LogP contribution in [0.25, 0.3) is 0 Å². The third-order valence-corrected chi connectivity index (χ3v) is 5.61. The Bertz CT molecular complexity index is 535. The number of nitrogens with one attached hydrogen (secondary N) is 1. The molecule has 0 spiro atoms. The number of aromatic nitrogens is 1. The van der Waals surface area contributed by atoms with E-state index in [1.54, 1.807) is 6.07 Å². The molecule has 0 aliphatic heterocycles. The first kappa shape index (κ1) is 16.4. The zero-order chi connectivity index (χ0) is 15.3. The Morgan fingerprint density at radius 3 is 2.57 bits per heavy atom. The van der Waals surface area contributed by atoms with E-state index in [2.05, 4.69) is 16.6 Å². The predicted octanol–water partition coefficient (Wildman–Crippen LogP) is 2.07. The lowest BCUT2D eigenvalue weighted by atomic mass is 9.81. The Labute approximate surface area is 126 Å². The lowest BCUT2D eigenvalue weighted by Gasteiger charge is -2.26. The molecule has 1 aromatic heterocycles. The molecular weight excluding hydrogens is 288 g/mol. The van der Waals surface area contributed by atoms with Gasteiger partial charge in [0.05, 0.1) is 6.61 Å². The number of pyridine rings is 1. The molecule has 2 N–H and O–H groups in total. The molecule has 1 heterocycles. The maximum atomic E-state index is 12.1. The average molecular weight is 312 g/mol. The van der Waals surface area contributed by atoms with E-state index in [9.17, 15) is 8.42 Å². The van der Waals surface area contributed by atoms with Crippen molar-refractivity contribution in [1.82, 2.24) is 9.71 Å². The van der Waals surface area contributed by atoms with E-state index in [0.717, 1.165) is 12.3 Å². The average Bonchev–Trinajstić information content (AvgIpc) is 2.49. The fraction of sp³-hybridized carbons (Fsp3) is 0.667. The second-order valence-electron chi connectivity index (χ2n) is 5.98. The summed E-state index contributed by atoms with van der Waals surface area (Å²) in [5, 5.41) is 8.94. The first-order valence-electron chi connectivity index (χ1n) is 7.56. The highest BCUT2D eigenvalue weighted by Crippen LogP contribution is 2.30. The van der Waals surface area contributed by atoms with Gasteiger partial charge in [-0.15, -0.1) is 0 Å². The first-order chi connectivity index (χ1) is 10.0. The number of aliphatic hydroxyl groups is 1. The van der Waals surface area contributed by atoms with E-state index >= 15 is 0 Å². The summed E-state index contributed by atoms with van der Waals surface area (Å²) in [6, 6.07) is 3.00. The van der Waals surface area contributed by atoms with Gasteiger partial charge in [-0.25, -0.2) is 18.1 Å². The van der Waals surface area contributed by atoms with Crippen molar-refractivity contribution in [3.05, 3.63) is 23.9 Å². The third kappa shape index (κ3) is 4.76. The van der Waals surface area contributed by atoms with Crippen molar-refractivity contribution in [3.63, 3.8) is 0 Å². The Hall–Kier alpha value is -0.980. The summed E-state index contributed by atoms with van der Waals surface area (Å²) >= 11 is 0. The summed E-state index contributed by atoms with van der Waals surface area (Å²) in [6.45, 7) is 2.60. The van der Waals surface area contributed by atoms with Gasteiger partial charge >= 0.3 is 0 Å². The van der Waals surface area contributed by atoms with Gasteiger partial charge in [0.2, 0.25) is 0 Å². The van der Waals surface area contributed by atoms with Gasteiger partial charge in [-0.05, 0) is 29.9 Å². The number of nitrogens with zero attached hydrogens (tertiary/aromatic N) is 1. The Balaban J connectivity index is 1.83. The number of sulfonamides is 1. The molecule has 0 unspecified atom stereocenters. The molecule has 0 radical (unpaired) electrons. The van der Waals surface area contributed by atoms with E-state index in [0.29, 0.717) is 18.0 Å². The van der Waals surface area contributed by atoms with Crippen molar-refractivity contribution in [2.75, 3.05) is 6.54 Å². The van der Waals surface area contributed by atoms with E-state index in [1.807, 2.05) is 0 Å². The number of hydrogen-bond donors (Lipinski definition) is 2. The summed E-state index contributed by atoms with van der Waals surface area (Å²) in [5.74, 6) is 1.45. The number of aliphatic hydroxyl groups excluding tert-OH is 1. The summed E-state index contributed by atoms with van der Waals surface area (Å²) in [6.07, 6.45) is 7.18. The van der Waals surface area contributed by atoms with Crippen molar-refractivity contribution in [1.29, 1.82) is 0 Å². The second-order valence-corrected chi connectivity index (χ2v) is 7.69. The predicted molar refractivity (Wildman–Crippen MR) is 81.1 cm³/mol. The van der Waals surface area contributed by atoms with Crippen molar-refractivity contribution < 1.29 is 13.5 Å². The maximum Gasteiger partial charge on any atom is 0.258 e. The molecule has 0 saturated heterocycles. The fourth-order valence-electron chi connectivity index (χ4n) is 2.75. The van der Waals surface area contributed by atoms with Gasteiger partial charge in [0.25, 0.3) is 10.0 Å². The highest BCUT2D eigenvalue weighted by molar-refractivity contribution is 7.89. The minimum Gasteiger partial charge on any atom is -0.392 e. The van der Waals surface area contributed by atoms with Crippen LogP contribution in [0.1, 0.15) is 44.6 Å². The van der Waals surface area contributed by atoms with Crippen LogP contribution in [0.5, 0.6) is 0 Å². The highest BCUT2D eigenvalue weighted by Gasteiger charge is 2.20. The monoisotopic (exact) mass is 312 g/mol. The number of hydrogen-bond acceptors (Lipinski definition) is 4. The fourth-order valence-corrected chi connectivity index (χ4v) is 3.73. The van der Waals surface area contributed by atoms with E-state index in [1.165, 1.54) is 37.9 Å². The first-order valence-corrected chi connectivity index (χ1v) is 9.05. The van der Waals surface area contributed by atoms with Crippen LogP contribution in [0.4, 0.5) is 0 Å². The molecule has 1 fully saturated rings. The van der Waals surface area contributed by atoms with Crippen LogP contribution in [0.15, 0.2) is 23.4 Å². The van der Waals surface area contributed by atoms with Crippen molar-refractivity contribution in [2.24, 2.45) is 11.8 Å². The van der Waals surface area contributed by atoms with Gasteiger partial charge in [-0.3, -0.25) is 0 Å². The molecule has 21 heavy (non-hydrogen) atoms. The lowest BCUT2D eigenvalue weighted by molar-refractivity contribution is 0.278. The molecule has 6 heteroatoms. The topological polar surface area (TPSA) is 79.3 Å². The Kier molecular flexibility index (Phi) is 5.72. The Morgan fingerprint density at radius 1 is 1.29 bits per heavy atom. The molecule has 0 atom stereocenters. The molecule has 2 rings (SSSR count). The zero-order valence-electron chi connectivity index (χ0n) is 12.5. The van der Waals surface area contributed by atoms with Crippen LogP contribution in [0.2, 0.25) is 0 Å². The molecule has 0 amide bonds. The van der Waals surface area contributed by atoms with Crippen molar-refractivity contribution >= 4 is 10.0 Å². The summed E-state index contributed by atoms with van der Waals surface area (Å²) < 4.78 is 26.8. The van der Waals surface area contributed by atoms with Gasteiger partial charge in [0.15, 0.2) is 5.03 Å². The summed E-state index contributed by atoms with van der Waals surface area (Å²) in [7, 11) is -3.54. The van der Waals surface area contributed by atoms with Crippen LogP contribution < -0.4 is 4.72 Å². The molecule has 0 bridgehead atoms. The summed E-state index contributed by atoms with van der Waals surface area (Å²) in [4.78, 5) is 3.89. The highest BCUT2D eigenvalue weighted by atomic mass is 32.2. The smallest absolute Gasteiger partial charge is 0.258 e. The third-order valence-electron chi connectivity index (χ3n) is 4.24. The molecule has 1 saturated carbocycles. The van der Waals surface area contributed by atoms with Crippen LogP contribution in [-0.4, -0.2) is 25.1 Å². The largest absolute Gasteiger partial charge is 0.392 e.